The van der Waals surface area contributed by atoms with Gasteiger partial charge in [0.25, 0.3) is 0 Å². The van der Waals surface area contributed by atoms with Crippen LogP contribution in [0.2, 0.25) is 0 Å². The number of rotatable bonds is 6. The predicted octanol–water partition coefficient (Wildman–Crippen LogP) is 3.04. The molecule has 0 aliphatic heterocycles. The highest BCUT2D eigenvalue weighted by molar-refractivity contribution is 7.91. The van der Waals surface area contributed by atoms with Crippen LogP contribution in [0, 0.1) is 11.3 Å². The number of benzene rings is 2. The van der Waals surface area contributed by atoms with Crippen LogP contribution in [0.1, 0.15) is 60.2 Å². The Labute approximate surface area is 210 Å². The summed E-state index contributed by atoms with van der Waals surface area (Å²) in [6.45, 7) is 3.20. The molecule has 0 amide bonds. The zero-order chi connectivity index (χ0) is 25.7. The first-order valence-electron chi connectivity index (χ1n) is 12.1. The summed E-state index contributed by atoms with van der Waals surface area (Å²) in [4.78, 5) is 0. The molecule has 0 saturated carbocycles. The first-order valence-corrected chi connectivity index (χ1v) is 13.6. The van der Waals surface area contributed by atoms with E-state index in [4.69, 9.17) is 5.14 Å². The van der Waals surface area contributed by atoms with Crippen molar-refractivity contribution in [3.63, 3.8) is 0 Å². The molecule has 10 heteroatoms. The van der Waals surface area contributed by atoms with Gasteiger partial charge in [-0.05, 0) is 86.8 Å². The van der Waals surface area contributed by atoms with Gasteiger partial charge in [-0.15, -0.1) is 0 Å². The average molecular weight is 507 g/mol. The lowest BCUT2D eigenvalue weighted by molar-refractivity contribution is 0.0711. The topological polar surface area (TPSA) is 150 Å². The first-order chi connectivity index (χ1) is 17.1. The number of hydrogen-bond donors (Lipinski definition) is 4. The maximum Gasteiger partial charge on any atom is 0.233 e. The van der Waals surface area contributed by atoms with Crippen LogP contribution in [0.5, 0.6) is 0 Å². The Balaban J connectivity index is 1.53. The molecule has 2 atom stereocenters. The zero-order valence-electron chi connectivity index (χ0n) is 20.4. The molecule has 0 spiro atoms. The number of nitrogens with two attached hydrogens (primary N) is 1. The van der Waals surface area contributed by atoms with Crippen molar-refractivity contribution in [3.05, 3.63) is 69.9 Å². The Hall–Kier alpha value is -3.23. The highest BCUT2D eigenvalue weighted by Gasteiger charge is 2.30. The van der Waals surface area contributed by atoms with E-state index in [0.717, 1.165) is 72.0 Å². The number of fused-ring (bicyclic) bond motifs is 2. The van der Waals surface area contributed by atoms with Crippen molar-refractivity contribution in [2.24, 2.45) is 9.50 Å². The van der Waals surface area contributed by atoms with Gasteiger partial charge >= 0.3 is 0 Å². The number of hydrogen-bond acceptors (Lipinski definition) is 7. The van der Waals surface area contributed by atoms with E-state index < -0.39 is 21.9 Å². The van der Waals surface area contributed by atoms with E-state index >= 15 is 0 Å². The molecule has 2 aliphatic rings. The SMILES string of the molecule is CC(C)(O)c1cc(S(N)(=O)=NC(O)Nc2c3c(c(C#N)c4c2CCC4)CCC3)nn1-c1ccccc1. The van der Waals surface area contributed by atoms with Crippen molar-refractivity contribution in [2.75, 3.05) is 5.32 Å². The fourth-order valence-electron chi connectivity index (χ4n) is 5.33. The molecule has 2 aliphatic carbocycles. The van der Waals surface area contributed by atoms with Crippen LogP contribution in [0.3, 0.4) is 0 Å². The quantitative estimate of drug-likeness (QED) is 0.378. The summed E-state index contributed by atoms with van der Waals surface area (Å²) in [5.74, 6) is 0. The van der Waals surface area contributed by atoms with Crippen molar-refractivity contribution in [1.29, 1.82) is 5.26 Å². The minimum Gasteiger partial charge on any atom is -0.384 e. The standard InChI is InChI=1S/C26H30N6O3S/c1-26(2,34)22-14-23(30-32(22)16-8-4-3-5-9-16)36(28,35)31-25(33)29-24-19-12-6-10-17(19)21(15-27)18-11-7-13-20(18)24/h3-5,8-9,14,25,29,33-34H,6-7,10-13H2,1-2H3,(H2,28,31,35). The number of aromatic nitrogens is 2. The van der Waals surface area contributed by atoms with Crippen molar-refractivity contribution in [2.45, 2.75) is 69.4 Å². The summed E-state index contributed by atoms with van der Waals surface area (Å²) in [6.07, 6.45) is 3.62. The van der Waals surface area contributed by atoms with Gasteiger partial charge < -0.3 is 15.5 Å². The van der Waals surface area contributed by atoms with Crippen LogP contribution in [-0.2, 0) is 41.2 Å². The van der Waals surface area contributed by atoms with Crippen LogP contribution in [0.25, 0.3) is 5.69 Å². The van der Waals surface area contributed by atoms with Crippen LogP contribution in [-0.4, -0.2) is 30.6 Å². The summed E-state index contributed by atoms with van der Waals surface area (Å²) in [6, 6.07) is 13.0. The lowest BCUT2D eigenvalue weighted by Crippen LogP contribution is -2.24. The van der Waals surface area contributed by atoms with E-state index in [1.165, 1.54) is 10.7 Å². The van der Waals surface area contributed by atoms with E-state index in [9.17, 15) is 19.7 Å². The molecule has 2 aromatic carbocycles. The molecule has 2 unspecified atom stereocenters. The van der Waals surface area contributed by atoms with E-state index in [0.29, 0.717) is 11.4 Å². The molecule has 0 fully saturated rings. The fourth-order valence-corrected chi connectivity index (χ4v) is 6.26. The van der Waals surface area contributed by atoms with E-state index in [-0.39, 0.29) is 5.03 Å². The molecule has 0 saturated heterocycles. The molecule has 3 aromatic rings. The number of nitrogens with one attached hydrogen (secondary N) is 1. The molecule has 36 heavy (non-hydrogen) atoms. The van der Waals surface area contributed by atoms with E-state index in [2.05, 4.69) is 20.8 Å². The van der Waals surface area contributed by atoms with E-state index in [1.54, 1.807) is 13.8 Å². The Kier molecular flexibility index (Phi) is 6.12. The smallest absolute Gasteiger partial charge is 0.233 e. The van der Waals surface area contributed by atoms with Gasteiger partial charge in [-0.2, -0.15) is 14.7 Å². The van der Waals surface area contributed by atoms with Gasteiger partial charge in [0, 0.05) is 11.8 Å². The fraction of sp³-hybridized carbons (Fsp3) is 0.385. The van der Waals surface area contributed by atoms with Gasteiger partial charge in [-0.3, -0.25) is 0 Å². The van der Waals surface area contributed by atoms with Crippen molar-refractivity contribution < 1.29 is 14.4 Å². The Morgan fingerprint density at radius 2 is 1.72 bits per heavy atom. The number of aliphatic hydroxyl groups is 2. The highest BCUT2D eigenvalue weighted by Crippen LogP contribution is 2.41. The third-order valence-corrected chi connectivity index (χ3v) is 8.21. The number of para-hydroxylation sites is 1. The molecule has 0 radical (unpaired) electrons. The van der Waals surface area contributed by atoms with Crippen molar-refractivity contribution >= 4 is 15.6 Å². The summed E-state index contributed by atoms with van der Waals surface area (Å²) in [5, 5.41) is 44.8. The third-order valence-electron chi connectivity index (χ3n) is 6.90. The molecule has 188 valence electrons. The minimum atomic E-state index is -3.62. The second-order valence-corrected chi connectivity index (χ2v) is 11.6. The number of anilines is 1. The lowest BCUT2D eigenvalue weighted by Gasteiger charge is -2.20. The molecule has 0 bridgehead atoms. The average Bonchev–Trinajstić information content (AvgIpc) is 3.58. The monoisotopic (exact) mass is 506 g/mol. The largest absolute Gasteiger partial charge is 0.384 e. The van der Waals surface area contributed by atoms with Crippen molar-refractivity contribution in [1.82, 2.24) is 9.78 Å². The number of nitriles is 1. The molecular weight excluding hydrogens is 476 g/mol. The predicted molar refractivity (Wildman–Crippen MR) is 137 cm³/mol. The maximum absolute atomic E-state index is 13.5. The summed E-state index contributed by atoms with van der Waals surface area (Å²) in [5.41, 5.74) is 5.46. The Morgan fingerprint density at radius 3 is 2.28 bits per heavy atom. The molecule has 9 nitrogen and oxygen atoms in total. The Bertz CT molecular complexity index is 1460. The van der Waals surface area contributed by atoms with Gasteiger partial charge in [0.2, 0.25) is 6.35 Å². The normalized spacial score (nSPS) is 17.1. The van der Waals surface area contributed by atoms with Gasteiger partial charge in [-0.1, -0.05) is 18.2 Å². The van der Waals surface area contributed by atoms with E-state index in [1.807, 2.05) is 30.3 Å². The maximum atomic E-state index is 13.5. The van der Waals surface area contributed by atoms with Gasteiger partial charge in [0.05, 0.1) is 23.0 Å². The number of nitrogens with zero attached hydrogens (tertiary/aromatic N) is 4. The molecule has 1 aromatic heterocycles. The molecule has 1 heterocycles. The van der Waals surface area contributed by atoms with Crippen molar-refractivity contribution in [3.8, 4) is 11.8 Å². The number of aliphatic hydroxyl groups excluding tert-OH is 1. The van der Waals surface area contributed by atoms with Crippen LogP contribution in [0.15, 0.2) is 45.8 Å². The second kappa shape index (κ2) is 9.01. The summed E-state index contributed by atoms with van der Waals surface area (Å²) >= 11 is 0. The third kappa shape index (κ3) is 4.29. The van der Waals surface area contributed by atoms with Crippen LogP contribution in [0.4, 0.5) is 5.69 Å². The summed E-state index contributed by atoms with van der Waals surface area (Å²) in [7, 11) is -3.62. The van der Waals surface area contributed by atoms with Crippen LogP contribution >= 0.6 is 0 Å². The zero-order valence-corrected chi connectivity index (χ0v) is 21.2. The first kappa shape index (κ1) is 24.5. The van der Waals surface area contributed by atoms with Gasteiger partial charge in [0.1, 0.15) is 5.60 Å². The highest BCUT2D eigenvalue weighted by atomic mass is 32.2. The van der Waals surface area contributed by atoms with Crippen LogP contribution < -0.4 is 10.5 Å². The molecule has 5 N–H and O–H groups in total. The van der Waals surface area contributed by atoms with Gasteiger partial charge in [-0.25, -0.2) is 14.0 Å². The molecule has 5 rings (SSSR count). The summed E-state index contributed by atoms with van der Waals surface area (Å²) < 4.78 is 19.0. The lowest BCUT2D eigenvalue weighted by atomic mass is 9.93. The minimum absolute atomic E-state index is 0.0420. The second-order valence-electron chi connectivity index (χ2n) is 9.85. The van der Waals surface area contributed by atoms with Gasteiger partial charge in [0.15, 0.2) is 14.9 Å². The molecular formula is C26H30N6O3S. The Morgan fingerprint density at radius 1 is 1.14 bits per heavy atom.